The van der Waals surface area contributed by atoms with Gasteiger partial charge >= 0.3 is 0 Å². The molecule has 0 bridgehead atoms. The van der Waals surface area contributed by atoms with Gasteiger partial charge in [-0.15, -0.1) is 0 Å². The van der Waals surface area contributed by atoms with Gasteiger partial charge in [0.2, 0.25) is 11.8 Å². The largest absolute Gasteiger partial charge is 0.355 e. The molecule has 0 heterocycles. The summed E-state index contributed by atoms with van der Waals surface area (Å²) in [4.78, 5) is 28.0. The number of hydrogen-bond donors (Lipinski definition) is 1. The average Bonchev–Trinajstić information content (AvgIpc) is 2.88. The molecule has 0 spiro atoms. The van der Waals surface area contributed by atoms with Crippen molar-refractivity contribution in [1.29, 1.82) is 0 Å². The smallest absolute Gasteiger partial charge is 0.264 e. The third kappa shape index (κ3) is 7.45. The van der Waals surface area contributed by atoms with Crippen LogP contribution < -0.4 is 9.62 Å². The molecule has 0 aliphatic carbocycles. The van der Waals surface area contributed by atoms with E-state index in [1.807, 2.05) is 13.8 Å². The molecule has 0 aliphatic rings. The highest BCUT2D eigenvalue weighted by atomic mass is 35.5. The molecule has 39 heavy (non-hydrogen) atoms. The second-order valence-corrected chi connectivity index (χ2v) is 12.2. The Hall–Kier alpha value is -2.78. The average molecular weight is 611 g/mol. The minimum absolute atomic E-state index is 0.0259. The molecule has 0 aliphatic heterocycles. The summed E-state index contributed by atoms with van der Waals surface area (Å²) in [6.07, 6.45) is 0. The molecule has 1 atom stereocenters. The van der Waals surface area contributed by atoms with Crippen LogP contribution in [0, 0.1) is 13.8 Å². The topological polar surface area (TPSA) is 86.8 Å². The predicted molar refractivity (Wildman–Crippen MR) is 157 cm³/mol. The fourth-order valence-electron chi connectivity index (χ4n) is 3.88. The van der Waals surface area contributed by atoms with E-state index in [1.165, 1.54) is 29.2 Å². The number of carbonyl (C=O) groups excluding carboxylic acids is 2. The first-order chi connectivity index (χ1) is 18.3. The van der Waals surface area contributed by atoms with Gasteiger partial charge in [0.05, 0.1) is 10.6 Å². The zero-order valence-corrected chi connectivity index (χ0v) is 25.1. The van der Waals surface area contributed by atoms with E-state index in [0.29, 0.717) is 32.9 Å². The van der Waals surface area contributed by atoms with Gasteiger partial charge in [0.15, 0.2) is 0 Å². The van der Waals surface area contributed by atoms with E-state index < -0.39 is 28.5 Å². The third-order valence-electron chi connectivity index (χ3n) is 6.33. The lowest BCUT2D eigenvalue weighted by Crippen LogP contribution is -2.51. The monoisotopic (exact) mass is 609 g/mol. The molecule has 3 aromatic carbocycles. The van der Waals surface area contributed by atoms with Crippen molar-refractivity contribution in [2.45, 2.75) is 45.2 Å². The van der Waals surface area contributed by atoms with Gasteiger partial charge in [0.1, 0.15) is 12.6 Å². The van der Waals surface area contributed by atoms with E-state index in [2.05, 4.69) is 5.32 Å². The Kier molecular flexibility index (Phi) is 10.3. The summed E-state index contributed by atoms with van der Waals surface area (Å²) >= 11 is 18.4. The number of carbonyl (C=O) groups is 2. The second-order valence-electron chi connectivity index (χ2n) is 9.06. The molecule has 3 aromatic rings. The first kappa shape index (κ1) is 30.8. The summed E-state index contributed by atoms with van der Waals surface area (Å²) in [6.45, 7) is 6.91. The van der Waals surface area contributed by atoms with Gasteiger partial charge in [-0.25, -0.2) is 8.42 Å². The minimum Gasteiger partial charge on any atom is -0.355 e. The molecule has 0 aromatic heterocycles. The molecular weight excluding hydrogens is 581 g/mol. The van der Waals surface area contributed by atoms with Gasteiger partial charge in [-0.2, -0.15) is 0 Å². The van der Waals surface area contributed by atoms with Crippen LogP contribution in [0.3, 0.4) is 0 Å². The number of amides is 2. The Bertz CT molecular complexity index is 1460. The summed E-state index contributed by atoms with van der Waals surface area (Å²) in [5.74, 6) is -0.968. The number of anilines is 1. The third-order valence-corrected chi connectivity index (χ3v) is 8.96. The van der Waals surface area contributed by atoms with Gasteiger partial charge in [-0.05, 0) is 92.9 Å². The van der Waals surface area contributed by atoms with Crippen LogP contribution in [-0.4, -0.2) is 44.3 Å². The van der Waals surface area contributed by atoms with Crippen molar-refractivity contribution in [2.75, 3.05) is 17.4 Å². The van der Waals surface area contributed by atoms with Crippen molar-refractivity contribution in [3.63, 3.8) is 0 Å². The Balaban J connectivity index is 2.07. The van der Waals surface area contributed by atoms with Crippen molar-refractivity contribution in [2.24, 2.45) is 0 Å². The number of aryl methyl sites for hydroxylation is 2. The maximum Gasteiger partial charge on any atom is 0.264 e. The lowest BCUT2D eigenvalue weighted by atomic mass is 10.1. The van der Waals surface area contributed by atoms with Crippen LogP contribution in [0.2, 0.25) is 15.1 Å². The highest BCUT2D eigenvalue weighted by Crippen LogP contribution is 2.28. The number of benzene rings is 3. The van der Waals surface area contributed by atoms with E-state index in [-0.39, 0.29) is 17.3 Å². The second kappa shape index (κ2) is 13.0. The minimum atomic E-state index is -4.19. The molecule has 0 fully saturated rings. The molecule has 208 valence electrons. The van der Waals surface area contributed by atoms with Gasteiger partial charge in [0, 0.05) is 28.2 Å². The number of nitrogens with zero attached hydrogens (tertiary/aromatic N) is 2. The molecule has 0 radical (unpaired) electrons. The molecule has 0 unspecified atom stereocenters. The summed E-state index contributed by atoms with van der Waals surface area (Å²) in [5, 5.41) is 3.84. The van der Waals surface area contributed by atoms with Gasteiger partial charge in [-0.3, -0.25) is 13.9 Å². The first-order valence-corrected chi connectivity index (χ1v) is 14.8. The predicted octanol–water partition coefficient (Wildman–Crippen LogP) is 6.01. The van der Waals surface area contributed by atoms with Gasteiger partial charge in [-0.1, -0.05) is 46.9 Å². The van der Waals surface area contributed by atoms with E-state index in [1.54, 1.807) is 50.2 Å². The van der Waals surface area contributed by atoms with Crippen LogP contribution >= 0.6 is 34.8 Å². The number of halogens is 3. The lowest BCUT2D eigenvalue weighted by molar-refractivity contribution is -0.139. The molecule has 11 heteroatoms. The van der Waals surface area contributed by atoms with E-state index >= 15 is 0 Å². The number of hydrogen-bond acceptors (Lipinski definition) is 4. The van der Waals surface area contributed by atoms with Crippen LogP contribution in [0.4, 0.5) is 5.69 Å². The summed E-state index contributed by atoms with van der Waals surface area (Å²) in [6, 6.07) is 14.8. The van der Waals surface area contributed by atoms with Crippen LogP contribution in [0.25, 0.3) is 0 Å². The summed E-state index contributed by atoms with van der Waals surface area (Å²) in [5.41, 5.74) is 2.70. The highest BCUT2D eigenvalue weighted by Gasteiger charge is 2.33. The van der Waals surface area contributed by atoms with Gasteiger partial charge in [0.25, 0.3) is 10.0 Å². The molecule has 0 saturated carbocycles. The van der Waals surface area contributed by atoms with Gasteiger partial charge < -0.3 is 10.2 Å². The van der Waals surface area contributed by atoms with Crippen LogP contribution in [0.15, 0.2) is 65.6 Å². The summed E-state index contributed by atoms with van der Waals surface area (Å²) < 4.78 is 28.8. The lowest BCUT2D eigenvalue weighted by Gasteiger charge is -2.32. The Labute approximate surface area is 244 Å². The molecular formula is C28H30Cl3N3O4S. The fraction of sp³-hybridized carbons (Fsp3) is 0.286. The normalized spacial score (nSPS) is 12.1. The van der Waals surface area contributed by atoms with Crippen LogP contribution in [0.5, 0.6) is 0 Å². The molecule has 3 rings (SSSR count). The zero-order chi connectivity index (χ0) is 28.9. The van der Waals surface area contributed by atoms with Crippen molar-refractivity contribution >= 4 is 62.3 Å². The molecule has 2 amide bonds. The Morgan fingerprint density at radius 3 is 2.13 bits per heavy atom. The molecule has 1 N–H and O–H groups in total. The maximum atomic E-state index is 13.9. The van der Waals surface area contributed by atoms with Crippen molar-refractivity contribution in [3.05, 3.63) is 92.4 Å². The highest BCUT2D eigenvalue weighted by molar-refractivity contribution is 7.92. The Morgan fingerprint density at radius 1 is 0.897 bits per heavy atom. The van der Waals surface area contributed by atoms with Crippen LogP contribution in [0.1, 0.15) is 30.5 Å². The zero-order valence-electron chi connectivity index (χ0n) is 22.0. The van der Waals surface area contributed by atoms with Crippen molar-refractivity contribution in [3.8, 4) is 0 Å². The molecule has 7 nitrogen and oxygen atoms in total. The quantitative estimate of drug-likeness (QED) is 0.305. The van der Waals surface area contributed by atoms with Crippen LogP contribution in [-0.2, 0) is 26.2 Å². The van der Waals surface area contributed by atoms with E-state index in [0.717, 1.165) is 15.4 Å². The van der Waals surface area contributed by atoms with Crippen molar-refractivity contribution in [1.82, 2.24) is 10.2 Å². The van der Waals surface area contributed by atoms with Crippen molar-refractivity contribution < 1.29 is 18.0 Å². The maximum absolute atomic E-state index is 13.9. The Morgan fingerprint density at radius 2 is 1.54 bits per heavy atom. The number of sulfonamides is 1. The number of likely N-dealkylation sites (N-methyl/N-ethyl adjacent to an activating group) is 1. The number of nitrogens with one attached hydrogen (secondary N) is 1. The SMILES string of the molecule is CCNC(=O)[C@H](C)N(Cc1ccc(Cl)cc1Cl)C(=O)CN(c1ccc(C)c(C)c1)S(=O)(=O)c1ccc(Cl)cc1. The fourth-order valence-corrected chi connectivity index (χ4v) is 5.88. The van der Waals surface area contributed by atoms with E-state index in [9.17, 15) is 18.0 Å². The first-order valence-electron chi connectivity index (χ1n) is 12.2. The molecule has 0 saturated heterocycles. The summed E-state index contributed by atoms with van der Waals surface area (Å²) in [7, 11) is -4.19. The van der Waals surface area contributed by atoms with E-state index in [4.69, 9.17) is 34.8 Å². The standard InChI is InChI=1S/C28H30Cl3N3O4S/c1-5-32-28(36)20(4)33(16-21-7-8-23(30)15-26(21)31)27(35)17-34(24-11-6-18(2)19(3)14-24)39(37,38)25-12-9-22(29)10-13-25/h6-15,20H,5,16-17H2,1-4H3,(H,32,36)/t20-/m0/s1. The number of rotatable bonds is 10.